The molecule has 0 aliphatic rings. The average molecular weight is 280 g/mol. The zero-order chi connectivity index (χ0) is 13.4. The number of benzene rings is 1. The van der Waals surface area contributed by atoms with Crippen LogP contribution in [0.4, 0.5) is 18.7 Å². The fraction of sp³-hybridized carbons (Fsp3) is 0. The molecular weight excluding hydrogens is 274 g/mol. The Morgan fingerprint density at radius 3 is 2.84 bits per heavy atom. The van der Waals surface area contributed by atoms with Gasteiger partial charge in [0.05, 0.1) is 10.2 Å². The lowest BCUT2D eigenvalue weighted by atomic mass is 10.3. The molecule has 0 saturated carbocycles. The van der Waals surface area contributed by atoms with Crippen molar-refractivity contribution >= 4 is 32.7 Å². The zero-order valence-corrected chi connectivity index (χ0v) is 10.1. The third-order valence-corrected chi connectivity index (χ3v) is 3.32. The summed E-state index contributed by atoms with van der Waals surface area (Å²) >= 11 is 1.06. The van der Waals surface area contributed by atoms with E-state index in [0.717, 1.165) is 23.5 Å². The highest BCUT2D eigenvalue weighted by atomic mass is 32.1. The zero-order valence-electron chi connectivity index (χ0n) is 9.30. The van der Waals surface area contributed by atoms with E-state index < -0.39 is 17.7 Å². The van der Waals surface area contributed by atoms with Crippen molar-refractivity contribution in [3.63, 3.8) is 0 Å². The monoisotopic (exact) mass is 280 g/mol. The first-order chi connectivity index (χ1) is 9.13. The van der Waals surface area contributed by atoms with Crippen LogP contribution in [0.15, 0.2) is 30.9 Å². The molecule has 0 unspecified atom stereocenters. The summed E-state index contributed by atoms with van der Waals surface area (Å²) in [5, 5.41) is 2.78. The van der Waals surface area contributed by atoms with Crippen molar-refractivity contribution in [1.29, 1.82) is 0 Å². The molecule has 3 rings (SSSR count). The molecule has 0 bridgehead atoms. The number of hydrogen-bond donors (Lipinski definition) is 1. The van der Waals surface area contributed by atoms with E-state index >= 15 is 0 Å². The number of anilines is 1. The molecule has 1 amide bonds. The molecule has 1 aromatic carbocycles. The Morgan fingerprint density at radius 2 is 2.11 bits per heavy atom. The van der Waals surface area contributed by atoms with Crippen molar-refractivity contribution in [2.45, 2.75) is 0 Å². The fourth-order valence-electron chi connectivity index (χ4n) is 1.51. The molecule has 0 fully saturated rings. The average Bonchev–Trinajstić information content (AvgIpc) is 2.98. The second kappa shape index (κ2) is 4.39. The van der Waals surface area contributed by atoms with Crippen LogP contribution in [-0.4, -0.2) is 20.6 Å². The van der Waals surface area contributed by atoms with Gasteiger partial charge in [0, 0.05) is 18.5 Å². The van der Waals surface area contributed by atoms with Gasteiger partial charge in [-0.2, -0.15) is 0 Å². The molecule has 3 aromatic rings. The molecule has 0 saturated heterocycles. The van der Waals surface area contributed by atoms with E-state index in [1.54, 1.807) is 0 Å². The lowest BCUT2D eigenvalue weighted by Gasteiger charge is -1.99. The highest BCUT2D eigenvalue weighted by molar-refractivity contribution is 7.22. The van der Waals surface area contributed by atoms with E-state index in [2.05, 4.69) is 15.3 Å². The SMILES string of the molecule is O=C(Nc1nc2cc(F)c(F)cc2s1)n1ccnc1. The van der Waals surface area contributed by atoms with Crippen LogP contribution in [0.2, 0.25) is 0 Å². The smallest absolute Gasteiger partial charge is 0.283 e. The highest BCUT2D eigenvalue weighted by Crippen LogP contribution is 2.27. The predicted octanol–water partition coefficient (Wildman–Crippen LogP) is 2.85. The van der Waals surface area contributed by atoms with E-state index in [1.807, 2.05) is 0 Å². The van der Waals surface area contributed by atoms with Gasteiger partial charge < -0.3 is 0 Å². The van der Waals surface area contributed by atoms with Crippen LogP contribution < -0.4 is 5.32 Å². The van der Waals surface area contributed by atoms with Gasteiger partial charge in [0.2, 0.25) is 0 Å². The van der Waals surface area contributed by atoms with Crippen LogP contribution in [0.3, 0.4) is 0 Å². The maximum absolute atomic E-state index is 13.0. The fourth-order valence-corrected chi connectivity index (χ4v) is 2.37. The van der Waals surface area contributed by atoms with Crippen LogP contribution in [0.25, 0.3) is 10.2 Å². The Bertz CT molecular complexity index is 714. The first kappa shape index (κ1) is 11.7. The molecule has 0 aliphatic carbocycles. The van der Waals surface area contributed by atoms with Crippen molar-refractivity contribution in [1.82, 2.24) is 14.5 Å². The van der Waals surface area contributed by atoms with Crippen LogP contribution in [0.5, 0.6) is 0 Å². The summed E-state index contributed by atoms with van der Waals surface area (Å²) in [4.78, 5) is 19.5. The number of amides is 1. The van der Waals surface area contributed by atoms with Gasteiger partial charge >= 0.3 is 6.03 Å². The minimum atomic E-state index is -0.967. The summed E-state index contributed by atoms with van der Waals surface area (Å²) in [6.45, 7) is 0. The maximum atomic E-state index is 13.0. The van der Waals surface area contributed by atoms with Crippen LogP contribution >= 0.6 is 11.3 Å². The number of nitrogens with one attached hydrogen (secondary N) is 1. The first-order valence-corrected chi connectivity index (χ1v) is 6.00. The largest absolute Gasteiger partial charge is 0.333 e. The topological polar surface area (TPSA) is 59.8 Å². The summed E-state index contributed by atoms with van der Waals surface area (Å²) in [6, 6.07) is 1.60. The van der Waals surface area contributed by atoms with Crippen LogP contribution in [-0.2, 0) is 0 Å². The summed E-state index contributed by atoms with van der Waals surface area (Å²) in [5.41, 5.74) is 0.296. The molecule has 96 valence electrons. The summed E-state index contributed by atoms with van der Waals surface area (Å²) in [7, 11) is 0. The van der Waals surface area contributed by atoms with Crippen molar-refractivity contribution in [3.8, 4) is 0 Å². The number of carbonyl (C=O) groups is 1. The highest BCUT2D eigenvalue weighted by Gasteiger charge is 2.11. The Morgan fingerprint density at radius 1 is 1.32 bits per heavy atom. The van der Waals surface area contributed by atoms with Gasteiger partial charge in [0.15, 0.2) is 16.8 Å². The minimum Gasteiger partial charge on any atom is -0.283 e. The minimum absolute atomic E-state index is 0.263. The number of thiazole rings is 1. The lowest BCUT2D eigenvalue weighted by Crippen LogP contribution is -2.17. The molecular formula is C11H6F2N4OS. The van der Waals surface area contributed by atoms with Crippen molar-refractivity contribution < 1.29 is 13.6 Å². The molecule has 0 spiro atoms. The van der Waals surface area contributed by atoms with Gasteiger partial charge in [-0.1, -0.05) is 11.3 Å². The quantitative estimate of drug-likeness (QED) is 0.745. The normalized spacial score (nSPS) is 10.8. The van der Waals surface area contributed by atoms with Gasteiger partial charge in [-0.25, -0.2) is 23.5 Å². The second-order valence-corrected chi connectivity index (χ2v) is 4.68. The standard InChI is InChI=1S/C11H6F2N4OS/c12-6-3-8-9(4-7(6)13)19-10(15-8)16-11(18)17-2-1-14-5-17/h1-5H,(H,15,16,18). The molecule has 8 heteroatoms. The number of fused-ring (bicyclic) bond motifs is 1. The molecule has 19 heavy (non-hydrogen) atoms. The van der Waals surface area contributed by atoms with E-state index in [0.29, 0.717) is 10.2 Å². The number of carbonyl (C=O) groups excluding carboxylic acids is 1. The molecule has 1 N–H and O–H groups in total. The third kappa shape index (κ3) is 2.17. The number of rotatable bonds is 1. The Hall–Kier alpha value is -2.35. The van der Waals surface area contributed by atoms with Crippen molar-refractivity contribution in [2.24, 2.45) is 0 Å². The number of aromatic nitrogens is 3. The first-order valence-electron chi connectivity index (χ1n) is 5.18. The molecule has 5 nitrogen and oxygen atoms in total. The lowest BCUT2D eigenvalue weighted by molar-refractivity contribution is 0.253. The summed E-state index contributed by atoms with van der Waals surface area (Å²) in [5.74, 6) is -1.91. The van der Waals surface area contributed by atoms with Crippen LogP contribution in [0, 0.1) is 11.6 Å². The maximum Gasteiger partial charge on any atom is 0.333 e. The van der Waals surface area contributed by atoms with Crippen molar-refractivity contribution in [3.05, 3.63) is 42.5 Å². The van der Waals surface area contributed by atoms with Gasteiger partial charge in [-0.05, 0) is 6.07 Å². The van der Waals surface area contributed by atoms with Gasteiger partial charge in [-0.15, -0.1) is 0 Å². The van der Waals surface area contributed by atoms with E-state index in [4.69, 9.17) is 0 Å². The predicted molar refractivity (Wildman–Crippen MR) is 66.2 cm³/mol. The summed E-state index contributed by atoms with van der Waals surface area (Å²) < 4.78 is 27.8. The van der Waals surface area contributed by atoms with Crippen molar-refractivity contribution in [2.75, 3.05) is 5.32 Å². The molecule has 0 aliphatic heterocycles. The number of hydrogen-bond acceptors (Lipinski definition) is 4. The van der Waals surface area contributed by atoms with E-state index in [1.165, 1.54) is 23.3 Å². The molecule has 0 atom stereocenters. The number of imidazole rings is 1. The summed E-state index contributed by atoms with van der Waals surface area (Å²) in [6.07, 6.45) is 4.27. The van der Waals surface area contributed by atoms with Crippen LogP contribution in [0.1, 0.15) is 0 Å². The Kier molecular flexibility index (Phi) is 2.71. The number of nitrogens with zero attached hydrogens (tertiary/aromatic N) is 3. The van der Waals surface area contributed by atoms with E-state index in [-0.39, 0.29) is 5.13 Å². The molecule has 2 aromatic heterocycles. The Balaban J connectivity index is 1.92. The molecule has 0 radical (unpaired) electrons. The van der Waals surface area contributed by atoms with E-state index in [9.17, 15) is 13.6 Å². The van der Waals surface area contributed by atoms with Gasteiger partial charge in [0.25, 0.3) is 0 Å². The second-order valence-electron chi connectivity index (χ2n) is 3.65. The Labute approximate surface area is 109 Å². The number of halogens is 2. The molecule has 2 heterocycles. The van der Waals surface area contributed by atoms with Gasteiger partial charge in [-0.3, -0.25) is 9.88 Å². The third-order valence-electron chi connectivity index (χ3n) is 2.38. The van der Waals surface area contributed by atoms with Gasteiger partial charge in [0.1, 0.15) is 6.33 Å².